The van der Waals surface area contributed by atoms with Gasteiger partial charge >= 0.3 is 0 Å². The minimum Gasteiger partial charge on any atom is -0.322 e. The fraction of sp³-hybridized carbons (Fsp3) is 0.250. The summed E-state index contributed by atoms with van der Waals surface area (Å²) in [5, 5.41) is 8.32. The van der Waals surface area contributed by atoms with E-state index in [2.05, 4.69) is 4.98 Å². The summed E-state index contributed by atoms with van der Waals surface area (Å²) in [4.78, 5) is 3.75. The number of hydrogen-bond donors (Lipinski definition) is 1. The van der Waals surface area contributed by atoms with E-state index in [1.807, 2.05) is 6.07 Å². The number of nitriles is 1. The molecule has 0 aliphatic heterocycles. The van der Waals surface area contributed by atoms with Crippen molar-refractivity contribution in [1.29, 1.82) is 5.26 Å². The maximum atomic E-state index is 12.4. The van der Waals surface area contributed by atoms with Crippen LogP contribution in [0.4, 0.5) is 4.39 Å². The topological polar surface area (TPSA) is 62.7 Å². The molecule has 0 aliphatic carbocycles. The third-order valence-electron chi connectivity index (χ3n) is 1.44. The lowest BCUT2D eigenvalue weighted by atomic mass is 10.1. The van der Waals surface area contributed by atoms with Crippen molar-refractivity contribution in [2.45, 2.75) is 12.5 Å². The number of rotatable bonds is 2. The Labute approximate surface area is 69.6 Å². The molecule has 1 heterocycles. The lowest BCUT2D eigenvalue weighted by molar-refractivity contribution is 0.613. The summed E-state index contributed by atoms with van der Waals surface area (Å²) in [6.45, 7) is 0. The molecule has 1 aromatic rings. The predicted octanol–water partition coefficient (Wildman–Crippen LogP) is 1.13. The molecule has 0 amide bonds. The number of hydrogen-bond acceptors (Lipinski definition) is 3. The van der Waals surface area contributed by atoms with Crippen molar-refractivity contribution >= 4 is 0 Å². The van der Waals surface area contributed by atoms with E-state index in [9.17, 15) is 4.39 Å². The van der Waals surface area contributed by atoms with Gasteiger partial charge in [0.2, 0.25) is 0 Å². The number of halogens is 1. The third-order valence-corrected chi connectivity index (χ3v) is 1.44. The zero-order valence-corrected chi connectivity index (χ0v) is 6.37. The summed E-state index contributed by atoms with van der Waals surface area (Å²) in [7, 11) is 0. The van der Waals surface area contributed by atoms with Crippen LogP contribution >= 0.6 is 0 Å². The SMILES string of the molecule is N#CC[C@H](N)c1ccc(F)cn1. The first-order chi connectivity index (χ1) is 5.74. The van der Waals surface area contributed by atoms with E-state index >= 15 is 0 Å². The summed E-state index contributed by atoms with van der Waals surface area (Å²) < 4.78 is 12.4. The first kappa shape index (κ1) is 8.62. The van der Waals surface area contributed by atoms with Crippen LogP contribution in [0.1, 0.15) is 18.2 Å². The van der Waals surface area contributed by atoms with Gasteiger partial charge in [-0.05, 0) is 12.1 Å². The lowest BCUT2D eigenvalue weighted by Gasteiger charge is -2.04. The molecule has 1 atom stereocenters. The highest BCUT2D eigenvalue weighted by Crippen LogP contribution is 2.09. The van der Waals surface area contributed by atoms with E-state index in [0.29, 0.717) is 5.69 Å². The molecule has 1 rings (SSSR count). The lowest BCUT2D eigenvalue weighted by Crippen LogP contribution is -2.10. The van der Waals surface area contributed by atoms with Crippen LogP contribution in [0.2, 0.25) is 0 Å². The van der Waals surface area contributed by atoms with Crippen molar-refractivity contribution < 1.29 is 4.39 Å². The predicted molar refractivity (Wildman–Crippen MR) is 41.4 cm³/mol. The monoisotopic (exact) mass is 165 g/mol. The summed E-state index contributed by atoms with van der Waals surface area (Å²) >= 11 is 0. The van der Waals surface area contributed by atoms with Crippen molar-refractivity contribution in [3.05, 3.63) is 29.8 Å². The Hall–Kier alpha value is -1.47. The van der Waals surface area contributed by atoms with E-state index in [0.717, 1.165) is 6.20 Å². The molecule has 3 nitrogen and oxygen atoms in total. The van der Waals surface area contributed by atoms with Crippen LogP contribution in [-0.4, -0.2) is 4.98 Å². The molecule has 0 aliphatic rings. The Kier molecular flexibility index (Phi) is 2.72. The highest BCUT2D eigenvalue weighted by Gasteiger charge is 2.05. The largest absolute Gasteiger partial charge is 0.322 e. The van der Waals surface area contributed by atoms with E-state index < -0.39 is 11.9 Å². The van der Waals surface area contributed by atoms with Crippen LogP contribution in [0.5, 0.6) is 0 Å². The molecule has 12 heavy (non-hydrogen) atoms. The van der Waals surface area contributed by atoms with Crippen LogP contribution in [0.25, 0.3) is 0 Å². The van der Waals surface area contributed by atoms with Gasteiger partial charge in [0.1, 0.15) is 5.82 Å². The second-order valence-electron chi connectivity index (χ2n) is 2.37. The third kappa shape index (κ3) is 2.01. The van der Waals surface area contributed by atoms with Gasteiger partial charge in [0.05, 0.1) is 30.4 Å². The average Bonchev–Trinajstić information content (AvgIpc) is 2.06. The molecular weight excluding hydrogens is 157 g/mol. The Morgan fingerprint density at radius 3 is 2.92 bits per heavy atom. The van der Waals surface area contributed by atoms with Gasteiger partial charge < -0.3 is 5.73 Å². The molecule has 0 fully saturated rings. The fourth-order valence-electron chi connectivity index (χ4n) is 0.810. The summed E-state index contributed by atoms with van der Waals surface area (Å²) in [5.41, 5.74) is 6.09. The van der Waals surface area contributed by atoms with Gasteiger partial charge in [-0.3, -0.25) is 4.98 Å². The quantitative estimate of drug-likeness (QED) is 0.714. The highest BCUT2D eigenvalue weighted by atomic mass is 19.1. The Balaban J connectivity index is 2.76. The van der Waals surface area contributed by atoms with Crippen molar-refractivity contribution in [3.63, 3.8) is 0 Å². The minimum absolute atomic E-state index is 0.193. The van der Waals surface area contributed by atoms with Crippen molar-refractivity contribution in [1.82, 2.24) is 4.98 Å². The average molecular weight is 165 g/mol. The number of nitrogens with zero attached hydrogens (tertiary/aromatic N) is 2. The molecule has 62 valence electrons. The number of pyridine rings is 1. The first-order valence-corrected chi connectivity index (χ1v) is 3.48. The smallest absolute Gasteiger partial charge is 0.141 e. The van der Waals surface area contributed by atoms with Gasteiger partial charge in [0.15, 0.2) is 0 Å². The summed E-state index contributed by atoms with van der Waals surface area (Å²) in [5.74, 6) is -0.400. The Morgan fingerprint density at radius 2 is 2.42 bits per heavy atom. The molecule has 0 saturated heterocycles. The molecule has 2 N–H and O–H groups in total. The van der Waals surface area contributed by atoms with Crippen LogP contribution in [0, 0.1) is 17.1 Å². The molecule has 0 aromatic carbocycles. The summed E-state index contributed by atoms with van der Waals surface area (Å²) in [6.07, 6.45) is 1.28. The van der Waals surface area contributed by atoms with Crippen molar-refractivity contribution in [3.8, 4) is 6.07 Å². The maximum Gasteiger partial charge on any atom is 0.141 e. The van der Waals surface area contributed by atoms with Crippen LogP contribution in [0.3, 0.4) is 0 Å². The second-order valence-corrected chi connectivity index (χ2v) is 2.37. The van der Waals surface area contributed by atoms with Crippen LogP contribution < -0.4 is 5.73 Å². The van der Waals surface area contributed by atoms with Crippen molar-refractivity contribution in [2.75, 3.05) is 0 Å². The second kappa shape index (κ2) is 3.79. The number of aromatic nitrogens is 1. The molecule has 0 saturated carbocycles. The highest BCUT2D eigenvalue weighted by molar-refractivity contribution is 5.10. The normalized spacial score (nSPS) is 12.1. The van der Waals surface area contributed by atoms with E-state index in [-0.39, 0.29) is 6.42 Å². The molecule has 4 heteroatoms. The van der Waals surface area contributed by atoms with Crippen molar-refractivity contribution in [2.24, 2.45) is 5.73 Å². The molecule has 0 radical (unpaired) electrons. The molecular formula is C8H8FN3. The maximum absolute atomic E-state index is 12.4. The van der Waals surface area contributed by atoms with Gasteiger partial charge in [-0.15, -0.1) is 0 Å². The molecule has 0 bridgehead atoms. The van der Waals surface area contributed by atoms with Gasteiger partial charge in [-0.2, -0.15) is 5.26 Å². The molecule has 0 spiro atoms. The van der Waals surface area contributed by atoms with Gasteiger partial charge in [0, 0.05) is 0 Å². The van der Waals surface area contributed by atoms with Crippen LogP contribution in [0.15, 0.2) is 18.3 Å². The fourth-order valence-corrected chi connectivity index (χ4v) is 0.810. The minimum atomic E-state index is -0.421. The molecule has 0 unspecified atom stereocenters. The van der Waals surface area contributed by atoms with Gasteiger partial charge in [-0.25, -0.2) is 4.39 Å². The summed E-state index contributed by atoms with van der Waals surface area (Å²) in [6, 6.07) is 4.26. The molecule has 1 aromatic heterocycles. The Morgan fingerprint density at radius 1 is 1.67 bits per heavy atom. The Bertz CT molecular complexity index is 288. The van der Waals surface area contributed by atoms with E-state index in [1.165, 1.54) is 12.1 Å². The van der Waals surface area contributed by atoms with E-state index in [4.69, 9.17) is 11.0 Å². The first-order valence-electron chi connectivity index (χ1n) is 3.48. The van der Waals surface area contributed by atoms with Crippen LogP contribution in [-0.2, 0) is 0 Å². The number of nitrogens with two attached hydrogens (primary N) is 1. The van der Waals surface area contributed by atoms with E-state index in [1.54, 1.807) is 0 Å². The van der Waals surface area contributed by atoms with Gasteiger partial charge in [0.25, 0.3) is 0 Å². The standard InChI is InChI=1S/C8H8FN3/c9-6-1-2-8(12-5-6)7(11)3-4-10/h1-2,5,7H,3,11H2/t7-/m0/s1. The van der Waals surface area contributed by atoms with Gasteiger partial charge in [-0.1, -0.05) is 0 Å². The zero-order valence-electron chi connectivity index (χ0n) is 6.37. The zero-order chi connectivity index (χ0) is 8.97.